The van der Waals surface area contributed by atoms with Crippen LogP contribution in [0.15, 0.2) is 42.5 Å². The summed E-state index contributed by atoms with van der Waals surface area (Å²) in [6, 6.07) is 12.8. The van der Waals surface area contributed by atoms with E-state index in [1.54, 1.807) is 16.7 Å². The van der Waals surface area contributed by atoms with Crippen LogP contribution in [0.25, 0.3) is 10.8 Å². The maximum Gasteiger partial charge on any atom is 0.328 e. The molecule has 1 saturated heterocycles. The van der Waals surface area contributed by atoms with Gasteiger partial charge in [-0.15, -0.1) is 0 Å². The van der Waals surface area contributed by atoms with Gasteiger partial charge in [0.05, 0.1) is 19.7 Å². The average molecular weight is 530 g/mol. The average Bonchev–Trinajstić information content (AvgIpc) is 3.37. The van der Waals surface area contributed by atoms with Gasteiger partial charge in [-0.25, -0.2) is 4.79 Å². The zero-order chi connectivity index (χ0) is 26.8. The molecule has 1 unspecified atom stereocenters. The Morgan fingerprint density at radius 1 is 1.22 bits per heavy atom. The summed E-state index contributed by atoms with van der Waals surface area (Å²) in [5, 5.41) is 5.10. The number of rotatable bonds is 13. The number of nitrogens with two attached hydrogens (primary N) is 2. The van der Waals surface area contributed by atoms with E-state index >= 15 is 0 Å². The molecular weight excluding hydrogens is 490 g/mol. The van der Waals surface area contributed by atoms with Gasteiger partial charge < -0.3 is 26.4 Å². The predicted octanol–water partition coefficient (Wildman–Crippen LogP) is 1.33. The fraction of sp³-hybridized carbons (Fsp3) is 0.519. The number of hydrogen-bond donors (Lipinski definition) is 3. The van der Waals surface area contributed by atoms with Gasteiger partial charge in [0.2, 0.25) is 11.8 Å². The van der Waals surface area contributed by atoms with Gasteiger partial charge >= 0.3 is 5.97 Å². The Bertz CT molecular complexity index is 1060. The molecule has 2 aromatic carbocycles. The van der Waals surface area contributed by atoms with Crippen molar-refractivity contribution in [3.63, 3.8) is 0 Å². The fourth-order valence-electron chi connectivity index (χ4n) is 4.85. The van der Waals surface area contributed by atoms with E-state index in [1.165, 1.54) is 7.11 Å². The first kappa shape index (κ1) is 28.9. The molecule has 1 heterocycles. The van der Waals surface area contributed by atoms with Crippen LogP contribution < -0.4 is 16.8 Å². The van der Waals surface area contributed by atoms with Crippen LogP contribution in [0.4, 0.5) is 0 Å². The number of amides is 2. The number of ether oxygens (including phenoxy) is 1. The number of esters is 1. The van der Waals surface area contributed by atoms with Crippen molar-refractivity contribution in [3.8, 4) is 0 Å². The second-order valence-corrected chi connectivity index (χ2v) is 10.4. The number of likely N-dealkylation sites (tertiary alicyclic amines) is 1. The number of nitrogens with zero attached hydrogens (tertiary/aromatic N) is 2. The maximum absolute atomic E-state index is 13.2. The number of thioether (sulfide) groups is 1. The summed E-state index contributed by atoms with van der Waals surface area (Å²) in [4.78, 5) is 42.1. The van der Waals surface area contributed by atoms with Gasteiger partial charge in [-0.05, 0) is 47.6 Å². The fourth-order valence-corrected chi connectivity index (χ4v) is 5.33. The number of carbonyl (C=O) groups is 3. The summed E-state index contributed by atoms with van der Waals surface area (Å²) in [7, 11) is 1.32. The SMILES string of the molecule is COC(=O)C(CCSC)NC(=O)CN(Cc1cccc2ccccc12)C[C@@H]1CCCN1C(=O)[C@@H](N)CN. The molecule has 3 atom stereocenters. The topological polar surface area (TPSA) is 131 Å². The van der Waals surface area contributed by atoms with Gasteiger partial charge in [0.15, 0.2) is 0 Å². The summed E-state index contributed by atoms with van der Waals surface area (Å²) < 4.78 is 4.90. The molecule has 1 fully saturated rings. The van der Waals surface area contributed by atoms with Gasteiger partial charge in [-0.3, -0.25) is 14.5 Å². The van der Waals surface area contributed by atoms with E-state index in [2.05, 4.69) is 29.6 Å². The molecule has 1 aliphatic heterocycles. The molecule has 0 aromatic heterocycles. The highest BCUT2D eigenvalue weighted by Crippen LogP contribution is 2.23. The summed E-state index contributed by atoms with van der Waals surface area (Å²) in [6.07, 6.45) is 4.15. The first-order chi connectivity index (χ1) is 17.9. The lowest BCUT2D eigenvalue weighted by molar-refractivity contribution is -0.145. The number of nitrogens with one attached hydrogen (secondary N) is 1. The lowest BCUT2D eigenvalue weighted by Crippen LogP contribution is -2.53. The van der Waals surface area contributed by atoms with Crippen LogP contribution in [-0.4, -0.2) is 91.0 Å². The van der Waals surface area contributed by atoms with Crippen molar-refractivity contribution in [2.24, 2.45) is 11.5 Å². The number of fused-ring (bicyclic) bond motifs is 1. The Kier molecular flexibility index (Phi) is 11.2. The van der Waals surface area contributed by atoms with Crippen molar-refractivity contribution < 1.29 is 19.1 Å². The smallest absolute Gasteiger partial charge is 0.328 e. The van der Waals surface area contributed by atoms with E-state index in [0.717, 1.165) is 34.9 Å². The van der Waals surface area contributed by atoms with Gasteiger partial charge in [0.25, 0.3) is 0 Å². The largest absolute Gasteiger partial charge is 0.467 e. The van der Waals surface area contributed by atoms with Crippen LogP contribution in [0, 0.1) is 0 Å². The third-order valence-corrected chi connectivity index (χ3v) is 7.42. The predicted molar refractivity (Wildman–Crippen MR) is 148 cm³/mol. The quantitative estimate of drug-likeness (QED) is 0.331. The zero-order valence-electron chi connectivity index (χ0n) is 21.7. The van der Waals surface area contributed by atoms with Crippen LogP contribution in [0.5, 0.6) is 0 Å². The molecule has 5 N–H and O–H groups in total. The summed E-state index contributed by atoms with van der Waals surface area (Å²) in [5.74, 6) is -0.139. The molecule has 9 nitrogen and oxygen atoms in total. The highest BCUT2D eigenvalue weighted by molar-refractivity contribution is 7.98. The van der Waals surface area contributed by atoms with Crippen LogP contribution in [-0.2, 0) is 25.7 Å². The zero-order valence-corrected chi connectivity index (χ0v) is 22.5. The van der Waals surface area contributed by atoms with E-state index < -0.39 is 18.1 Å². The molecule has 2 amide bonds. The second kappa shape index (κ2) is 14.3. The Morgan fingerprint density at radius 3 is 2.70 bits per heavy atom. The van der Waals surface area contributed by atoms with E-state index in [4.69, 9.17) is 16.2 Å². The number of benzene rings is 2. The molecule has 0 aliphatic carbocycles. The molecule has 0 saturated carbocycles. The van der Waals surface area contributed by atoms with Crippen LogP contribution in [0.1, 0.15) is 24.8 Å². The molecule has 2 aromatic rings. The van der Waals surface area contributed by atoms with Gasteiger partial charge in [-0.2, -0.15) is 11.8 Å². The normalized spacial score (nSPS) is 17.1. The Labute approximate surface area is 223 Å². The number of carbonyl (C=O) groups excluding carboxylic acids is 3. The van der Waals surface area contributed by atoms with Crippen molar-refractivity contribution in [1.29, 1.82) is 0 Å². The molecule has 37 heavy (non-hydrogen) atoms. The van der Waals surface area contributed by atoms with Crippen molar-refractivity contribution in [2.75, 3.05) is 45.3 Å². The summed E-state index contributed by atoms with van der Waals surface area (Å²) in [5.41, 5.74) is 12.7. The summed E-state index contributed by atoms with van der Waals surface area (Å²) >= 11 is 1.60. The third-order valence-electron chi connectivity index (χ3n) is 6.77. The molecule has 1 aliphatic rings. The maximum atomic E-state index is 13.2. The number of methoxy groups -OCH3 is 1. The van der Waals surface area contributed by atoms with Crippen LogP contribution >= 0.6 is 11.8 Å². The minimum Gasteiger partial charge on any atom is -0.467 e. The van der Waals surface area contributed by atoms with E-state index in [1.807, 2.05) is 29.4 Å². The third kappa shape index (κ3) is 7.91. The first-order valence-corrected chi connectivity index (χ1v) is 14.1. The van der Waals surface area contributed by atoms with Crippen LogP contribution in [0.2, 0.25) is 0 Å². The van der Waals surface area contributed by atoms with E-state index in [0.29, 0.717) is 26.1 Å². The second-order valence-electron chi connectivity index (χ2n) is 9.40. The monoisotopic (exact) mass is 529 g/mol. The molecule has 0 spiro atoms. The minimum absolute atomic E-state index is 0.0687. The Balaban J connectivity index is 1.81. The molecule has 3 rings (SSSR count). The molecular formula is C27H39N5O4S. The molecule has 0 bridgehead atoms. The van der Waals surface area contributed by atoms with Gasteiger partial charge in [-0.1, -0.05) is 42.5 Å². The Hall–Kier alpha value is -2.66. The van der Waals surface area contributed by atoms with Crippen molar-refractivity contribution in [2.45, 2.75) is 43.9 Å². The Morgan fingerprint density at radius 2 is 1.97 bits per heavy atom. The van der Waals surface area contributed by atoms with E-state index in [9.17, 15) is 14.4 Å². The van der Waals surface area contributed by atoms with Crippen LogP contribution in [0.3, 0.4) is 0 Å². The van der Waals surface area contributed by atoms with Gasteiger partial charge in [0.1, 0.15) is 6.04 Å². The van der Waals surface area contributed by atoms with Crippen molar-refractivity contribution in [3.05, 3.63) is 48.0 Å². The lowest BCUT2D eigenvalue weighted by atomic mass is 10.0. The molecule has 10 heteroatoms. The highest BCUT2D eigenvalue weighted by Gasteiger charge is 2.33. The standard InChI is InChI=1S/C27H39N5O4S/c1-36-27(35)24(12-14-37-2)30-25(33)18-31(16-20-9-5-8-19-7-3-4-11-22(19)20)17-21-10-6-13-32(21)26(34)23(29)15-28/h3-5,7-9,11,21,23-24H,6,10,12-18,28-29H2,1-2H3,(H,30,33)/t21-,23-,24?/m0/s1. The first-order valence-electron chi connectivity index (χ1n) is 12.7. The highest BCUT2D eigenvalue weighted by atomic mass is 32.2. The van der Waals surface area contributed by atoms with Gasteiger partial charge in [0, 0.05) is 32.2 Å². The van der Waals surface area contributed by atoms with Crippen molar-refractivity contribution >= 4 is 40.3 Å². The summed E-state index contributed by atoms with van der Waals surface area (Å²) in [6.45, 7) is 1.83. The molecule has 0 radical (unpaired) electrons. The van der Waals surface area contributed by atoms with Crippen molar-refractivity contribution in [1.82, 2.24) is 15.1 Å². The minimum atomic E-state index is -0.729. The number of hydrogen-bond acceptors (Lipinski definition) is 8. The molecule has 202 valence electrons. The lowest BCUT2D eigenvalue weighted by Gasteiger charge is -2.32. The van der Waals surface area contributed by atoms with E-state index in [-0.39, 0.29) is 30.9 Å².